The van der Waals surface area contributed by atoms with Gasteiger partial charge >= 0.3 is 6.09 Å². The molecule has 3 aromatic rings. The SMILES string of the molecule is COc1cc(C(N)=O)cc2nc(NC(=O)c3cccnc3C)n(C/C=C/CNC(=O)OC(C)(C)C)c12. The first-order valence-corrected chi connectivity index (χ1v) is 11.2. The number of alkyl carbamates (subject to hydrolysis) is 1. The smallest absolute Gasteiger partial charge is 0.407 e. The molecule has 0 fully saturated rings. The Morgan fingerprint density at radius 1 is 1.19 bits per heavy atom. The molecule has 0 atom stereocenters. The van der Waals surface area contributed by atoms with Gasteiger partial charge in [-0.2, -0.15) is 0 Å². The Labute approximate surface area is 208 Å². The van der Waals surface area contributed by atoms with Gasteiger partial charge in [0.1, 0.15) is 16.9 Å². The number of fused-ring (bicyclic) bond motifs is 1. The number of nitrogens with zero attached hydrogens (tertiary/aromatic N) is 3. The molecule has 0 spiro atoms. The monoisotopic (exact) mass is 494 g/mol. The first-order chi connectivity index (χ1) is 17.0. The first kappa shape index (κ1) is 26.2. The summed E-state index contributed by atoms with van der Waals surface area (Å²) in [6.45, 7) is 7.60. The highest BCUT2D eigenvalue weighted by atomic mass is 16.6. The van der Waals surface area contributed by atoms with Gasteiger partial charge < -0.3 is 25.1 Å². The van der Waals surface area contributed by atoms with Gasteiger partial charge in [0, 0.05) is 30.5 Å². The van der Waals surface area contributed by atoms with Crippen molar-refractivity contribution in [2.45, 2.75) is 39.8 Å². The average molecular weight is 495 g/mol. The lowest BCUT2D eigenvalue weighted by Gasteiger charge is -2.19. The third-order valence-electron chi connectivity index (χ3n) is 5.01. The largest absolute Gasteiger partial charge is 0.494 e. The van der Waals surface area contributed by atoms with Gasteiger partial charge in [0.25, 0.3) is 5.91 Å². The van der Waals surface area contributed by atoms with Crippen LogP contribution >= 0.6 is 0 Å². The molecule has 2 aromatic heterocycles. The van der Waals surface area contributed by atoms with Gasteiger partial charge in [-0.25, -0.2) is 9.78 Å². The van der Waals surface area contributed by atoms with Gasteiger partial charge in [0.15, 0.2) is 0 Å². The van der Waals surface area contributed by atoms with E-state index in [0.717, 1.165) is 0 Å². The standard InChI is InChI=1S/C25H30N6O5/c1-15-17(9-8-11-27-15)22(33)30-23-29-18-13-16(21(26)32)14-19(35-5)20(18)31(23)12-7-6-10-28-24(34)36-25(2,3)4/h6-9,11,13-14H,10,12H2,1-5H3,(H2,26,32)(H,28,34)(H,29,30,33)/b7-6+. The number of methoxy groups -OCH3 is 1. The molecular formula is C25H30N6O5. The van der Waals surface area contributed by atoms with Crippen LogP contribution in [-0.2, 0) is 11.3 Å². The van der Waals surface area contributed by atoms with Crippen LogP contribution in [0.25, 0.3) is 11.0 Å². The molecule has 0 saturated heterocycles. The van der Waals surface area contributed by atoms with Crippen LogP contribution in [0.5, 0.6) is 5.75 Å². The normalized spacial score (nSPS) is 11.5. The summed E-state index contributed by atoms with van der Waals surface area (Å²) >= 11 is 0. The summed E-state index contributed by atoms with van der Waals surface area (Å²) in [5.41, 5.74) is 7.04. The number of hydrogen-bond acceptors (Lipinski definition) is 7. The van der Waals surface area contributed by atoms with E-state index in [1.54, 1.807) is 62.7 Å². The van der Waals surface area contributed by atoms with Gasteiger partial charge in [-0.05, 0) is 52.0 Å². The van der Waals surface area contributed by atoms with Gasteiger partial charge in [-0.1, -0.05) is 12.2 Å². The topological polar surface area (TPSA) is 150 Å². The molecule has 0 aliphatic heterocycles. The van der Waals surface area contributed by atoms with Crippen LogP contribution in [0, 0.1) is 6.92 Å². The number of nitrogens with two attached hydrogens (primary N) is 1. The summed E-state index contributed by atoms with van der Waals surface area (Å²) in [4.78, 5) is 45.3. The molecule has 0 saturated carbocycles. The lowest BCUT2D eigenvalue weighted by Crippen LogP contribution is -2.32. The van der Waals surface area contributed by atoms with E-state index in [4.69, 9.17) is 15.2 Å². The number of nitrogens with one attached hydrogen (secondary N) is 2. The van der Waals surface area contributed by atoms with Gasteiger partial charge in [-0.3, -0.25) is 19.9 Å². The van der Waals surface area contributed by atoms with E-state index in [0.29, 0.717) is 28.0 Å². The van der Waals surface area contributed by atoms with E-state index in [1.807, 2.05) is 0 Å². The molecule has 0 bridgehead atoms. The van der Waals surface area contributed by atoms with Crippen molar-refractivity contribution in [2.75, 3.05) is 19.0 Å². The van der Waals surface area contributed by atoms with Crippen LogP contribution in [0.4, 0.5) is 10.7 Å². The third-order valence-corrected chi connectivity index (χ3v) is 5.01. The molecule has 2 heterocycles. The molecule has 11 nitrogen and oxygen atoms in total. The number of imidazole rings is 1. The van der Waals surface area contributed by atoms with Crippen LogP contribution in [0.3, 0.4) is 0 Å². The molecule has 0 unspecified atom stereocenters. The van der Waals surface area contributed by atoms with E-state index < -0.39 is 17.6 Å². The van der Waals surface area contributed by atoms with Crippen molar-refractivity contribution in [3.63, 3.8) is 0 Å². The summed E-state index contributed by atoms with van der Waals surface area (Å²) in [6.07, 6.45) is 4.62. The number of carbonyl (C=O) groups excluding carboxylic acids is 3. The fourth-order valence-electron chi connectivity index (χ4n) is 3.41. The predicted molar refractivity (Wildman–Crippen MR) is 135 cm³/mol. The molecule has 1 aromatic carbocycles. The minimum atomic E-state index is -0.630. The number of pyridine rings is 1. The van der Waals surface area contributed by atoms with E-state index >= 15 is 0 Å². The number of aromatic nitrogens is 3. The highest BCUT2D eigenvalue weighted by Gasteiger charge is 2.20. The van der Waals surface area contributed by atoms with Crippen LogP contribution in [0.1, 0.15) is 47.2 Å². The van der Waals surface area contributed by atoms with Crippen molar-refractivity contribution in [2.24, 2.45) is 5.73 Å². The number of allylic oxidation sites excluding steroid dienone is 1. The Morgan fingerprint density at radius 3 is 2.58 bits per heavy atom. The Hall–Kier alpha value is -4.41. The fourth-order valence-corrected chi connectivity index (χ4v) is 3.41. The molecule has 3 amide bonds. The second kappa shape index (κ2) is 10.9. The van der Waals surface area contributed by atoms with Crippen LogP contribution in [0.2, 0.25) is 0 Å². The van der Waals surface area contributed by atoms with E-state index in [1.165, 1.54) is 19.2 Å². The van der Waals surface area contributed by atoms with E-state index in [-0.39, 0.29) is 30.5 Å². The number of anilines is 1. The zero-order valence-electron chi connectivity index (χ0n) is 20.9. The Morgan fingerprint density at radius 2 is 1.94 bits per heavy atom. The maximum absolute atomic E-state index is 13.0. The number of benzene rings is 1. The maximum Gasteiger partial charge on any atom is 0.407 e. The molecule has 0 aliphatic carbocycles. The van der Waals surface area contributed by atoms with Crippen LogP contribution < -0.4 is 21.1 Å². The summed E-state index contributed by atoms with van der Waals surface area (Å²) in [6, 6.07) is 6.40. The summed E-state index contributed by atoms with van der Waals surface area (Å²) in [7, 11) is 1.47. The number of ether oxygens (including phenoxy) is 2. The molecule has 3 rings (SSSR count). The zero-order valence-corrected chi connectivity index (χ0v) is 20.9. The van der Waals surface area contributed by atoms with Crippen molar-refractivity contribution in [3.05, 3.63) is 59.4 Å². The van der Waals surface area contributed by atoms with Crippen molar-refractivity contribution >= 4 is 34.9 Å². The quantitative estimate of drug-likeness (QED) is 0.407. The highest BCUT2D eigenvalue weighted by Crippen LogP contribution is 2.31. The average Bonchev–Trinajstić information content (AvgIpc) is 3.14. The zero-order chi connectivity index (χ0) is 26.5. The van der Waals surface area contributed by atoms with Gasteiger partial charge in [-0.15, -0.1) is 0 Å². The molecule has 36 heavy (non-hydrogen) atoms. The van der Waals surface area contributed by atoms with Gasteiger partial charge in [0.05, 0.1) is 18.2 Å². The van der Waals surface area contributed by atoms with Crippen molar-refractivity contribution in [1.82, 2.24) is 19.9 Å². The summed E-state index contributed by atoms with van der Waals surface area (Å²) in [5.74, 6) is -0.411. The van der Waals surface area contributed by atoms with Crippen LogP contribution in [0.15, 0.2) is 42.6 Å². The Balaban J connectivity index is 1.92. The fraction of sp³-hybridized carbons (Fsp3) is 0.320. The van der Waals surface area contributed by atoms with E-state index in [9.17, 15) is 14.4 Å². The Kier molecular flexibility index (Phi) is 7.93. The first-order valence-electron chi connectivity index (χ1n) is 11.2. The molecule has 11 heteroatoms. The summed E-state index contributed by atoms with van der Waals surface area (Å²) in [5, 5.41) is 5.47. The number of aryl methyl sites for hydroxylation is 1. The molecule has 190 valence electrons. The lowest BCUT2D eigenvalue weighted by molar-refractivity contribution is 0.0533. The van der Waals surface area contributed by atoms with Gasteiger partial charge in [0.2, 0.25) is 11.9 Å². The van der Waals surface area contributed by atoms with Crippen molar-refractivity contribution in [1.29, 1.82) is 0 Å². The molecule has 0 aliphatic rings. The summed E-state index contributed by atoms with van der Waals surface area (Å²) < 4.78 is 12.4. The number of amides is 3. The van der Waals surface area contributed by atoms with Crippen LogP contribution in [-0.4, -0.2) is 51.7 Å². The Bertz CT molecular complexity index is 1320. The molecule has 4 N–H and O–H groups in total. The second-order valence-corrected chi connectivity index (χ2v) is 8.90. The number of primary amides is 1. The minimum Gasteiger partial charge on any atom is -0.494 e. The molecular weight excluding hydrogens is 464 g/mol. The third kappa shape index (κ3) is 6.38. The number of rotatable bonds is 8. The number of carbonyl (C=O) groups is 3. The predicted octanol–water partition coefficient (Wildman–Crippen LogP) is 3.18. The molecule has 0 radical (unpaired) electrons. The van der Waals surface area contributed by atoms with Crippen molar-refractivity contribution in [3.8, 4) is 5.75 Å². The van der Waals surface area contributed by atoms with Crippen molar-refractivity contribution < 1.29 is 23.9 Å². The maximum atomic E-state index is 13.0. The highest BCUT2D eigenvalue weighted by molar-refractivity contribution is 6.05. The second-order valence-electron chi connectivity index (χ2n) is 8.90. The van der Waals surface area contributed by atoms with E-state index in [2.05, 4.69) is 20.6 Å². The minimum absolute atomic E-state index is 0.224. The number of hydrogen-bond donors (Lipinski definition) is 3. The lowest BCUT2D eigenvalue weighted by atomic mass is 10.1.